The van der Waals surface area contributed by atoms with Crippen LogP contribution in [0.15, 0.2) is 0 Å². The van der Waals surface area contributed by atoms with Crippen molar-refractivity contribution < 1.29 is 19.4 Å². The molecule has 0 aromatic carbocycles. The molecular formula is C13H24O4. The molecule has 100 valence electrons. The molecule has 0 amide bonds. The van der Waals surface area contributed by atoms with Crippen molar-refractivity contribution in [1.29, 1.82) is 0 Å². The van der Waals surface area contributed by atoms with Crippen molar-refractivity contribution in [2.45, 2.75) is 58.8 Å². The summed E-state index contributed by atoms with van der Waals surface area (Å²) in [6, 6.07) is 0. The highest BCUT2D eigenvalue weighted by Crippen LogP contribution is 2.13. The summed E-state index contributed by atoms with van der Waals surface area (Å²) in [4.78, 5) is 21.8. The summed E-state index contributed by atoms with van der Waals surface area (Å²) in [7, 11) is 0. The molecule has 0 saturated heterocycles. The third kappa shape index (κ3) is 8.72. The van der Waals surface area contributed by atoms with Crippen LogP contribution in [0.2, 0.25) is 0 Å². The van der Waals surface area contributed by atoms with Crippen molar-refractivity contribution in [2.24, 2.45) is 5.92 Å². The maximum absolute atomic E-state index is 11.6. The van der Waals surface area contributed by atoms with E-state index in [0.29, 0.717) is 13.0 Å². The zero-order valence-corrected chi connectivity index (χ0v) is 10.9. The van der Waals surface area contributed by atoms with Gasteiger partial charge in [0.2, 0.25) is 0 Å². The van der Waals surface area contributed by atoms with Gasteiger partial charge in [-0.3, -0.25) is 9.59 Å². The van der Waals surface area contributed by atoms with Crippen molar-refractivity contribution in [3.63, 3.8) is 0 Å². The number of esters is 1. The average Bonchev–Trinajstić information content (AvgIpc) is 2.29. The molecule has 1 atom stereocenters. The Morgan fingerprint density at radius 3 is 2.41 bits per heavy atom. The summed E-state index contributed by atoms with van der Waals surface area (Å²) in [6.07, 6.45) is 5.10. The van der Waals surface area contributed by atoms with Crippen LogP contribution in [0.5, 0.6) is 0 Å². The fourth-order valence-electron chi connectivity index (χ4n) is 1.68. The monoisotopic (exact) mass is 244 g/mol. The summed E-state index contributed by atoms with van der Waals surface area (Å²) in [5.41, 5.74) is 0. The normalized spacial score (nSPS) is 12.1. The summed E-state index contributed by atoms with van der Waals surface area (Å²) < 4.78 is 5.17. The predicted molar refractivity (Wildman–Crippen MR) is 65.8 cm³/mol. The van der Waals surface area contributed by atoms with E-state index in [9.17, 15) is 9.59 Å². The Bertz CT molecular complexity index is 225. The molecule has 4 nitrogen and oxygen atoms in total. The molecule has 0 aromatic rings. The van der Waals surface area contributed by atoms with Crippen LogP contribution in [-0.4, -0.2) is 23.7 Å². The number of rotatable bonds is 10. The van der Waals surface area contributed by atoms with Gasteiger partial charge in [0.1, 0.15) is 0 Å². The van der Waals surface area contributed by atoms with E-state index in [1.165, 1.54) is 0 Å². The van der Waals surface area contributed by atoms with E-state index in [0.717, 1.165) is 32.1 Å². The van der Waals surface area contributed by atoms with Gasteiger partial charge >= 0.3 is 11.9 Å². The minimum Gasteiger partial charge on any atom is -0.481 e. The summed E-state index contributed by atoms with van der Waals surface area (Å²) in [6.45, 7) is 4.47. The van der Waals surface area contributed by atoms with Crippen LogP contribution < -0.4 is 0 Å². The molecule has 0 aromatic heterocycles. The average molecular weight is 244 g/mol. The van der Waals surface area contributed by atoms with Crippen LogP contribution >= 0.6 is 0 Å². The van der Waals surface area contributed by atoms with E-state index in [2.05, 4.69) is 6.92 Å². The first-order chi connectivity index (χ1) is 8.11. The van der Waals surface area contributed by atoms with E-state index in [1.54, 1.807) is 0 Å². The summed E-state index contributed by atoms with van der Waals surface area (Å²) >= 11 is 0. The molecule has 1 N–H and O–H groups in total. The molecule has 1 unspecified atom stereocenters. The van der Waals surface area contributed by atoms with Crippen molar-refractivity contribution >= 4 is 11.9 Å². The quantitative estimate of drug-likeness (QED) is 0.474. The molecule has 0 saturated carbocycles. The fourth-order valence-corrected chi connectivity index (χ4v) is 1.68. The number of carboxylic acid groups (broad SMARTS) is 1. The number of ether oxygens (including phenoxy) is 1. The minimum atomic E-state index is -0.768. The van der Waals surface area contributed by atoms with Crippen LogP contribution in [0.1, 0.15) is 58.8 Å². The Balaban J connectivity index is 3.52. The highest BCUT2D eigenvalue weighted by atomic mass is 16.5. The Hall–Kier alpha value is -1.06. The molecule has 0 spiro atoms. The lowest BCUT2D eigenvalue weighted by molar-refractivity contribution is -0.149. The van der Waals surface area contributed by atoms with Gasteiger partial charge in [-0.2, -0.15) is 0 Å². The highest BCUT2D eigenvalue weighted by Gasteiger charge is 2.16. The van der Waals surface area contributed by atoms with Gasteiger partial charge in [0.05, 0.1) is 12.5 Å². The maximum Gasteiger partial charge on any atom is 0.308 e. The Labute approximate surface area is 103 Å². The highest BCUT2D eigenvalue weighted by molar-refractivity contribution is 5.72. The van der Waals surface area contributed by atoms with Gasteiger partial charge < -0.3 is 9.84 Å². The molecule has 0 aliphatic rings. The largest absolute Gasteiger partial charge is 0.481 e. The summed E-state index contributed by atoms with van der Waals surface area (Å²) in [5, 5.41) is 8.44. The SMILES string of the molecule is CCCC(CC)C(=O)OCCCCCC(=O)O. The van der Waals surface area contributed by atoms with E-state index in [1.807, 2.05) is 6.92 Å². The first-order valence-corrected chi connectivity index (χ1v) is 6.50. The standard InChI is InChI=1S/C13H24O4/c1-3-8-11(4-2)13(16)17-10-7-5-6-9-12(14)15/h11H,3-10H2,1-2H3,(H,14,15). The van der Waals surface area contributed by atoms with E-state index < -0.39 is 5.97 Å². The lowest BCUT2D eigenvalue weighted by Crippen LogP contribution is -2.17. The first-order valence-electron chi connectivity index (χ1n) is 6.50. The van der Waals surface area contributed by atoms with Crippen molar-refractivity contribution in [3.8, 4) is 0 Å². The molecule has 0 fully saturated rings. The van der Waals surface area contributed by atoms with Gasteiger partial charge in [-0.25, -0.2) is 0 Å². The van der Waals surface area contributed by atoms with E-state index >= 15 is 0 Å². The van der Waals surface area contributed by atoms with E-state index in [4.69, 9.17) is 9.84 Å². The summed E-state index contributed by atoms with van der Waals surface area (Å²) in [5.74, 6) is -0.845. The fraction of sp³-hybridized carbons (Fsp3) is 0.846. The third-order valence-corrected chi connectivity index (χ3v) is 2.74. The van der Waals surface area contributed by atoms with Crippen molar-refractivity contribution in [3.05, 3.63) is 0 Å². The molecule has 17 heavy (non-hydrogen) atoms. The molecule has 0 heterocycles. The topological polar surface area (TPSA) is 63.6 Å². The Kier molecular flexibility index (Phi) is 9.49. The third-order valence-electron chi connectivity index (χ3n) is 2.74. The van der Waals surface area contributed by atoms with Crippen LogP contribution in [0.3, 0.4) is 0 Å². The van der Waals surface area contributed by atoms with Crippen LogP contribution in [0.4, 0.5) is 0 Å². The number of hydrogen-bond donors (Lipinski definition) is 1. The van der Waals surface area contributed by atoms with Gasteiger partial charge in [0, 0.05) is 6.42 Å². The van der Waals surface area contributed by atoms with Crippen molar-refractivity contribution in [1.82, 2.24) is 0 Å². The number of carbonyl (C=O) groups is 2. The van der Waals surface area contributed by atoms with E-state index in [-0.39, 0.29) is 18.3 Å². The second-order valence-electron chi connectivity index (χ2n) is 4.27. The Morgan fingerprint density at radius 2 is 1.88 bits per heavy atom. The van der Waals surface area contributed by atoms with Gasteiger partial charge in [-0.05, 0) is 32.1 Å². The first kappa shape index (κ1) is 15.9. The van der Waals surface area contributed by atoms with Crippen LogP contribution in [0, 0.1) is 5.92 Å². The van der Waals surface area contributed by atoms with Gasteiger partial charge in [0.15, 0.2) is 0 Å². The molecule has 0 aliphatic carbocycles. The predicted octanol–water partition coefficient (Wildman–Crippen LogP) is 3.00. The van der Waals surface area contributed by atoms with Gasteiger partial charge in [0.25, 0.3) is 0 Å². The second-order valence-corrected chi connectivity index (χ2v) is 4.27. The van der Waals surface area contributed by atoms with Gasteiger partial charge in [-0.15, -0.1) is 0 Å². The van der Waals surface area contributed by atoms with Crippen molar-refractivity contribution in [2.75, 3.05) is 6.61 Å². The van der Waals surface area contributed by atoms with Crippen LogP contribution in [-0.2, 0) is 14.3 Å². The number of aliphatic carboxylic acids is 1. The smallest absolute Gasteiger partial charge is 0.308 e. The van der Waals surface area contributed by atoms with Crippen LogP contribution in [0.25, 0.3) is 0 Å². The molecule has 0 bridgehead atoms. The minimum absolute atomic E-state index is 0.0269. The second kappa shape index (κ2) is 10.1. The lowest BCUT2D eigenvalue weighted by atomic mass is 10.0. The molecular weight excluding hydrogens is 220 g/mol. The molecule has 0 aliphatic heterocycles. The molecule has 0 radical (unpaired) electrons. The molecule has 0 rings (SSSR count). The zero-order chi connectivity index (χ0) is 13.1. The number of unbranched alkanes of at least 4 members (excludes halogenated alkanes) is 2. The molecule has 4 heteroatoms. The lowest BCUT2D eigenvalue weighted by Gasteiger charge is -2.12. The maximum atomic E-state index is 11.6. The zero-order valence-electron chi connectivity index (χ0n) is 10.9. The van der Waals surface area contributed by atoms with Gasteiger partial charge in [-0.1, -0.05) is 20.3 Å². The number of carboxylic acids is 1. The Morgan fingerprint density at radius 1 is 1.18 bits per heavy atom. The number of hydrogen-bond acceptors (Lipinski definition) is 3. The number of carbonyl (C=O) groups excluding carboxylic acids is 1.